The van der Waals surface area contributed by atoms with Gasteiger partial charge in [0, 0.05) is 5.56 Å². The Kier molecular flexibility index (Phi) is 3.38. The van der Waals surface area contributed by atoms with Crippen molar-refractivity contribution in [2.75, 3.05) is 0 Å². The summed E-state index contributed by atoms with van der Waals surface area (Å²) >= 11 is 13.3. The highest BCUT2D eigenvalue weighted by atomic mass is 35.5. The molecule has 1 aromatic heterocycles. The lowest BCUT2D eigenvalue weighted by Crippen LogP contribution is -1.99. The van der Waals surface area contributed by atoms with Gasteiger partial charge in [-0.1, -0.05) is 35.3 Å². The summed E-state index contributed by atoms with van der Waals surface area (Å²) in [5.74, 6) is -1.07. The second-order valence-corrected chi connectivity index (χ2v) is 5.31. The van der Waals surface area contributed by atoms with Gasteiger partial charge in [0.15, 0.2) is 5.69 Å². The maximum absolute atomic E-state index is 11.1. The number of nitrogens with zero attached hydrogens (tertiary/aromatic N) is 1. The van der Waals surface area contributed by atoms with Gasteiger partial charge in [0.1, 0.15) is 0 Å². The van der Waals surface area contributed by atoms with Crippen LogP contribution in [0, 0.1) is 6.92 Å². The molecule has 1 heterocycles. The van der Waals surface area contributed by atoms with E-state index in [4.69, 9.17) is 28.3 Å². The van der Waals surface area contributed by atoms with Gasteiger partial charge in [-0.25, -0.2) is 9.78 Å². The van der Waals surface area contributed by atoms with Gasteiger partial charge in [0.2, 0.25) is 0 Å². The molecule has 0 bridgehead atoms. The summed E-state index contributed by atoms with van der Waals surface area (Å²) in [5, 5.41) is 10.5. The zero-order valence-electron chi connectivity index (χ0n) is 8.70. The third-order valence-corrected chi connectivity index (χ3v) is 3.96. The van der Waals surface area contributed by atoms with Gasteiger partial charge in [0.25, 0.3) is 0 Å². The van der Waals surface area contributed by atoms with Gasteiger partial charge in [-0.3, -0.25) is 0 Å². The van der Waals surface area contributed by atoms with E-state index >= 15 is 0 Å². The molecule has 0 saturated heterocycles. The third-order valence-electron chi connectivity index (χ3n) is 2.13. The number of benzene rings is 1. The van der Waals surface area contributed by atoms with Crippen LogP contribution < -0.4 is 0 Å². The molecule has 2 rings (SSSR count). The summed E-state index contributed by atoms with van der Waals surface area (Å²) in [6, 6.07) is 5.11. The van der Waals surface area contributed by atoms with E-state index in [9.17, 15) is 4.79 Å². The van der Waals surface area contributed by atoms with E-state index in [1.54, 1.807) is 25.1 Å². The first-order valence-electron chi connectivity index (χ1n) is 4.66. The van der Waals surface area contributed by atoms with Gasteiger partial charge < -0.3 is 5.11 Å². The number of thiazole rings is 1. The maximum Gasteiger partial charge on any atom is 0.356 e. The van der Waals surface area contributed by atoms with Crippen LogP contribution in [0.5, 0.6) is 0 Å². The lowest BCUT2D eigenvalue weighted by Gasteiger charge is -2.03. The van der Waals surface area contributed by atoms with Gasteiger partial charge >= 0.3 is 5.97 Å². The highest BCUT2D eigenvalue weighted by Crippen LogP contribution is 2.38. The number of aromatic nitrogens is 1. The molecule has 0 unspecified atom stereocenters. The van der Waals surface area contributed by atoms with E-state index in [1.807, 2.05) is 0 Å². The number of halogens is 2. The van der Waals surface area contributed by atoms with E-state index in [1.165, 1.54) is 11.3 Å². The number of hydrogen-bond acceptors (Lipinski definition) is 3. The topological polar surface area (TPSA) is 50.2 Å². The quantitative estimate of drug-likeness (QED) is 0.904. The van der Waals surface area contributed by atoms with Crippen molar-refractivity contribution in [3.63, 3.8) is 0 Å². The Morgan fingerprint density at radius 3 is 2.76 bits per heavy atom. The molecule has 3 nitrogen and oxygen atoms in total. The summed E-state index contributed by atoms with van der Waals surface area (Å²) in [4.78, 5) is 15.6. The van der Waals surface area contributed by atoms with Crippen LogP contribution in [0.15, 0.2) is 18.2 Å². The molecule has 0 atom stereocenters. The van der Waals surface area contributed by atoms with E-state index in [0.717, 1.165) is 0 Å². The van der Waals surface area contributed by atoms with E-state index in [0.29, 0.717) is 25.5 Å². The Morgan fingerprint density at radius 2 is 2.12 bits per heavy atom. The van der Waals surface area contributed by atoms with Crippen molar-refractivity contribution < 1.29 is 9.90 Å². The Hall–Kier alpha value is -1.10. The molecule has 0 spiro atoms. The molecule has 0 aliphatic heterocycles. The summed E-state index contributed by atoms with van der Waals surface area (Å²) in [7, 11) is 0. The van der Waals surface area contributed by atoms with Gasteiger partial charge in [-0.05, 0) is 13.0 Å². The molecule has 1 aromatic carbocycles. The lowest BCUT2D eigenvalue weighted by atomic mass is 10.1. The highest BCUT2D eigenvalue weighted by molar-refractivity contribution is 7.15. The zero-order valence-corrected chi connectivity index (χ0v) is 11.0. The lowest BCUT2D eigenvalue weighted by molar-refractivity contribution is 0.0692. The Morgan fingerprint density at radius 1 is 1.41 bits per heavy atom. The molecule has 0 saturated carbocycles. The van der Waals surface area contributed by atoms with Crippen LogP contribution >= 0.6 is 34.5 Å². The van der Waals surface area contributed by atoms with Crippen LogP contribution in [-0.2, 0) is 0 Å². The zero-order chi connectivity index (χ0) is 12.6. The predicted molar refractivity (Wildman–Crippen MR) is 69.3 cm³/mol. The predicted octanol–water partition coefficient (Wildman–Crippen LogP) is 4.12. The molecule has 0 radical (unpaired) electrons. The van der Waals surface area contributed by atoms with Gasteiger partial charge in [-0.2, -0.15) is 0 Å². The van der Waals surface area contributed by atoms with Crippen LogP contribution in [0.4, 0.5) is 0 Å². The molecule has 0 aliphatic carbocycles. The molecule has 0 fully saturated rings. The normalized spacial score (nSPS) is 10.5. The van der Waals surface area contributed by atoms with Gasteiger partial charge in [-0.15, -0.1) is 11.3 Å². The number of aryl methyl sites for hydroxylation is 1. The Bertz CT molecular complexity index is 595. The molecular weight excluding hydrogens is 281 g/mol. The van der Waals surface area contributed by atoms with Crippen LogP contribution in [-0.4, -0.2) is 16.1 Å². The number of rotatable bonds is 2. The molecule has 0 amide bonds. The monoisotopic (exact) mass is 287 g/mol. The minimum atomic E-state index is -1.07. The largest absolute Gasteiger partial charge is 0.476 e. The minimum absolute atomic E-state index is 0.0108. The molecular formula is C11H7Cl2NO2S. The molecule has 17 heavy (non-hydrogen) atoms. The first-order valence-corrected chi connectivity index (χ1v) is 6.23. The second kappa shape index (κ2) is 4.64. The third kappa shape index (κ3) is 2.29. The fraction of sp³-hybridized carbons (Fsp3) is 0.0909. The van der Waals surface area contributed by atoms with E-state index < -0.39 is 5.97 Å². The van der Waals surface area contributed by atoms with Crippen molar-refractivity contribution in [1.82, 2.24) is 4.98 Å². The van der Waals surface area contributed by atoms with Crippen molar-refractivity contribution in [3.05, 3.63) is 38.9 Å². The second-order valence-electron chi connectivity index (χ2n) is 3.32. The smallest absolute Gasteiger partial charge is 0.356 e. The standard InChI is InChI=1S/C11H7Cl2NO2S/c1-5-14-9(11(15)16)10(17-5)6-3-2-4-7(12)8(6)13/h2-4H,1H3,(H,15,16). The summed E-state index contributed by atoms with van der Waals surface area (Å²) in [5.41, 5.74) is 0.610. The fourth-order valence-electron chi connectivity index (χ4n) is 1.43. The van der Waals surface area contributed by atoms with Crippen molar-refractivity contribution in [2.45, 2.75) is 6.92 Å². The number of carbonyl (C=O) groups is 1. The molecule has 88 valence electrons. The van der Waals surface area contributed by atoms with E-state index in [-0.39, 0.29) is 5.69 Å². The fourth-order valence-corrected chi connectivity index (χ4v) is 2.83. The van der Waals surface area contributed by atoms with Crippen molar-refractivity contribution in [1.29, 1.82) is 0 Å². The summed E-state index contributed by atoms with van der Waals surface area (Å²) < 4.78 is 0. The molecule has 6 heteroatoms. The molecule has 2 aromatic rings. The number of hydrogen-bond donors (Lipinski definition) is 1. The average molecular weight is 288 g/mol. The minimum Gasteiger partial charge on any atom is -0.476 e. The number of carboxylic acids is 1. The van der Waals surface area contributed by atoms with Gasteiger partial charge in [0.05, 0.1) is 19.9 Å². The van der Waals surface area contributed by atoms with Crippen molar-refractivity contribution >= 4 is 40.5 Å². The maximum atomic E-state index is 11.1. The van der Waals surface area contributed by atoms with E-state index in [2.05, 4.69) is 4.98 Å². The highest BCUT2D eigenvalue weighted by Gasteiger charge is 2.19. The van der Waals surface area contributed by atoms with Crippen molar-refractivity contribution in [3.8, 4) is 10.4 Å². The summed E-state index contributed by atoms with van der Waals surface area (Å²) in [6.07, 6.45) is 0. The van der Waals surface area contributed by atoms with Crippen molar-refractivity contribution in [2.24, 2.45) is 0 Å². The Labute approximate surface area is 112 Å². The SMILES string of the molecule is Cc1nc(C(=O)O)c(-c2cccc(Cl)c2Cl)s1. The van der Waals surface area contributed by atoms with Crippen LogP contribution in [0.25, 0.3) is 10.4 Å². The first-order chi connectivity index (χ1) is 8.00. The first kappa shape index (κ1) is 12.4. The average Bonchev–Trinajstić information content (AvgIpc) is 2.64. The van der Waals surface area contributed by atoms with Crippen LogP contribution in [0.2, 0.25) is 10.0 Å². The molecule has 0 aliphatic rings. The number of aromatic carboxylic acids is 1. The van der Waals surface area contributed by atoms with Crippen LogP contribution in [0.1, 0.15) is 15.5 Å². The summed E-state index contributed by atoms with van der Waals surface area (Å²) in [6.45, 7) is 1.75. The molecule has 1 N–H and O–H groups in total. The van der Waals surface area contributed by atoms with Crippen LogP contribution in [0.3, 0.4) is 0 Å². The number of carboxylic acid groups (broad SMARTS) is 1. The Balaban J connectivity index is 2.68.